The Balaban J connectivity index is 1.96. The van der Waals surface area contributed by atoms with Gasteiger partial charge in [0.15, 0.2) is 11.6 Å². The number of rotatable bonds is 5. The molecule has 1 aliphatic heterocycles. The van der Waals surface area contributed by atoms with Crippen LogP contribution in [0.1, 0.15) is 35.7 Å². The van der Waals surface area contributed by atoms with Crippen molar-refractivity contribution in [3.05, 3.63) is 33.9 Å². The zero-order chi connectivity index (χ0) is 21.6. The van der Waals surface area contributed by atoms with Crippen molar-refractivity contribution < 1.29 is 23.9 Å². The molecule has 160 valence electrons. The second-order valence-electron chi connectivity index (χ2n) is 7.53. The number of halogens is 1. The first-order chi connectivity index (χ1) is 14.4. The Morgan fingerprint density at radius 1 is 1.33 bits per heavy atom. The number of nitrogens with zero attached hydrogens (tertiary/aromatic N) is 3. The molecule has 1 aromatic carbocycles. The van der Waals surface area contributed by atoms with Crippen LogP contribution in [-0.4, -0.2) is 54.7 Å². The van der Waals surface area contributed by atoms with E-state index in [9.17, 15) is 14.7 Å². The molecular formula is C20H23FN4O5. The van der Waals surface area contributed by atoms with E-state index < -0.39 is 17.2 Å². The molecule has 9 nitrogen and oxygen atoms in total. The molecule has 30 heavy (non-hydrogen) atoms. The lowest BCUT2D eigenvalue weighted by Gasteiger charge is -2.34. The van der Waals surface area contributed by atoms with Crippen molar-refractivity contribution in [2.75, 3.05) is 32.2 Å². The molecule has 0 bridgehead atoms. The average Bonchev–Trinajstić information content (AvgIpc) is 3.54. The van der Waals surface area contributed by atoms with E-state index in [2.05, 4.69) is 5.16 Å². The van der Waals surface area contributed by atoms with Crippen molar-refractivity contribution in [3.63, 3.8) is 0 Å². The summed E-state index contributed by atoms with van der Waals surface area (Å²) >= 11 is 0. The first-order valence-electron chi connectivity index (χ1n) is 9.66. The number of pyridine rings is 1. The van der Waals surface area contributed by atoms with Gasteiger partial charge in [0.25, 0.3) is 0 Å². The van der Waals surface area contributed by atoms with Gasteiger partial charge >= 0.3 is 5.97 Å². The van der Waals surface area contributed by atoms with Gasteiger partial charge in [-0.05, 0) is 25.3 Å². The number of nitrogens with two attached hydrogens (primary N) is 1. The van der Waals surface area contributed by atoms with Gasteiger partial charge in [-0.3, -0.25) is 4.79 Å². The monoisotopic (exact) mass is 418 g/mol. The fraction of sp³-hybridized carbons (Fsp3) is 0.450. The number of carboxylic acids is 1. The number of ether oxygens (including phenoxy) is 1. The normalized spacial score (nSPS) is 20.6. The van der Waals surface area contributed by atoms with Crippen LogP contribution in [0.4, 0.5) is 10.1 Å². The van der Waals surface area contributed by atoms with Crippen LogP contribution in [0.2, 0.25) is 0 Å². The van der Waals surface area contributed by atoms with Crippen molar-refractivity contribution in [2.45, 2.75) is 31.3 Å². The Bertz CT molecular complexity index is 1110. The summed E-state index contributed by atoms with van der Waals surface area (Å²) in [7, 11) is 2.83. The molecule has 1 saturated carbocycles. The highest BCUT2D eigenvalue weighted by Crippen LogP contribution is 2.44. The summed E-state index contributed by atoms with van der Waals surface area (Å²) in [6.07, 6.45) is 3.56. The number of aromatic nitrogens is 1. The molecule has 0 spiro atoms. The molecule has 2 aromatic rings. The van der Waals surface area contributed by atoms with Gasteiger partial charge in [0.05, 0.1) is 30.3 Å². The number of hydrogen-bond donors (Lipinski definition) is 2. The quantitative estimate of drug-likeness (QED) is 0.710. The van der Waals surface area contributed by atoms with E-state index in [0.717, 1.165) is 18.9 Å². The van der Waals surface area contributed by atoms with Crippen molar-refractivity contribution in [3.8, 4) is 5.75 Å². The van der Waals surface area contributed by atoms with E-state index in [1.165, 1.54) is 20.4 Å². The third-order valence-corrected chi connectivity index (χ3v) is 5.59. The number of carbonyl (C=O) groups is 1. The van der Waals surface area contributed by atoms with Crippen LogP contribution >= 0.6 is 0 Å². The minimum Gasteiger partial charge on any atom is -0.492 e. The van der Waals surface area contributed by atoms with Crippen LogP contribution in [0.3, 0.4) is 0 Å². The number of oxime groups is 1. The summed E-state index contributed by atoms with van der Waals surface area (Å²) in [4.78, 5) is 30.9. The van der Waals surface area contributed by atoms with Crippen LogP contribution in [0.25, 0.3) is 10.9 Å². The number of carboxylic acid groups (broad SMARTS) is 1. The van der Waals surface area contributed by atoms with Crippen LogP contribution in [-0.2, 0) is 4.84 Å². The van der Waals surface area contributed by atoms with Crippen molar-refractivity contribution in [1.29, 1.82) is 0 Å². The Morgan fingerprint density at radius 2 is 2.07 bits per heavy atom. The van der Waals surface area contributed by atoms with E-state index in [4.69, 9.17) is 15.3 Å². The molecule has 3 N–H and O–H groups in total. The zero-order valence-corrected chi connectivity index (χ0v) is 16.7. The van der Waals surface area contributed by atoms with Gasteiger partial charge in [0.2, 0.25) is 5.43 Å². The molecule has 1 aromatic heterocycles. The third kappa shape index (κ3) is 3.26. The molecule has 2 aliphatic rings. The van der Waals surface area contributed by atoms with Gasteiger partial charge in [-0.1, -0.05) is 5.16 Å². The van der Waals surface area contributed by atoms with Gasteiger partial charge in [-0.25, -0.2) is 9.18 Å². The largest absolute Gasteiger partial charge is 0.492 e. The van der Waals surface area contributed by atoms with Gasteiger partial charge in [0, 0.05) is 24.8 Å². The lowest BCUT2D eigenvalue weighted by molar-refractivity contribution is 0.0695. The number of methoxy groups -OCH3 is 1. The standard InChI is InChI=1S/C20H23FN4O5/c1-29-19-16-11(18(26)12(20(27)28)8-25(16)10-3-4-10)7-13(21)17(19)24-6-5-14(22)15(9-24)23-30-2/h7-8,10,14H,3-6,9,22H2,1-2H3,(H,27,28)/b23-15+. The minimum atomic E-state index is -1.34. The highest BCUT2D eigenvalue weighted by Gasteiger charge is 2.33. The van der Waals surface area contributed by atoms with E-state index in [-0.39, 0.29) is 41.0 Å². The second-order valence-corrected chi connectivity index (χ2v) is 7.53. The summed E-state index contributed by atoms with van der Waals surface area (Å²) in [6.45, 7) is 0.707. The Labute approximate surface area is 171 Å². The highest BCUT2D eigenvalue weighted by molar-refractivity contribution is 5.99. The Kier molecular flexibility index (Phi) is 5.10. The van der Waals surface area contributed by atoms with Crippen LogP contribution in [0.5, 0.6) is 5.75 Å². The van der Waals surface area contributed by atoms with Gasteiger partial charge in [-0.15, -0.1) is 0 Å². The SMILES string of the molecule is CO/N=C1\CN(c2c(F)cc3c(=O)c(C(=O)O)cn(C4CC4)c3c2OC)CCC1N. The molecule has 2 fully saturated rings. The fourth-order valence-corrected chi connectivity index (χ4v) is 3.98. The van der Waals surface area contributed by atoms with E-state index in [1.54, 1.807) is 9.47 Å². The maximum Gasteiger partial charge on any atom is 0.341 e. The number of aromatic carboxylic acids is 1. The van der Waals surface area contributed by atoms with Crippen LogP contribution in [0, 0.1) is 5.82 Å². The van der Waals surface area contributed by atoms with Crippen molar-refractivity contribution >= 4 is 28.3 Å². The predicted molar refractivity (Wildman–Crippen MR) is 109 cm³/mol. The third-order valence-electron chi connectivity index (χ3n) is 5.59. The number of piperidine rings is 1. The zero-order valence-electron chi connectivity index (χ0n) is 16.7. The topological polar surface area (TPSA) is 119 Å². The lowest BCUT2D eigenvalue weighted by atomic mass is 10.0. The van der Waals surface area contributed by atoms with E-state index in [0.29, 0.717) is 24.2 Å². The van der Waals surface area contributed by atoms with Crippen LogP contribution in [0.15, 0.2) is 22.2 Å². The van der Waals surface area contributed by atoms with Crippen molar-refractivity contribution in [2.24, 2.45) is 10.9 Å². The number of hydrogen-bond acceptors (Lipinski definition) is 7. The molecule has 1 atom stereocenters. The van der Waals surface area contributed by atoms with Crippen LogP contribution < -0.4 is 20.8 Å². The summed E-state index contributed by atoms with van der Waals surface area (Å²) < 4.78 is 22.6. The summed E-state index contributed by atoms with van der Waals surface area (Å²) in [6, 6.07) is 0.847. The molecular weight excluding hydrogens is 395 g/mol. The molecule has 10 heteroatoms. The molecule has 4 rings (SSSR count). The Morgan fingerprint density at radius 3 is 2.67 bits per heavy atom. The smallest absolute Gasteiger partial charge is 0.341 e. The summed E-state index contributed by atoms with van der Waals surface area (Å²) in [5, 5.41) is 13.4. The summed E-state index contributed by atoms with van der Waals surface area (Å²) in [5.74, 6) is -1.82. The van der Waals surface area contributed by atoms with E-state index in [1.807, 2.05) is 0 Å². The first-order valence-corrected chi connectivity index (χ1v) is 9.66. The van der Waals surface area contributed by atoms with Gasteiger partial charge in [0.1, 0.15) is 18.4 Å². The second kappa shape index (κ2) is 7.60. The highest BCUT2D eigenvalue weighted by atomic mass is 19.1. The molecule has 2 heterocycles. The fourth-order valence-electron chi connectivity index (χ4n) is 3.98. The molecule has 1 aliphatic carbocycles. The number of anilines is 1. The minimum absolute atomic E-state index is 0.0145. The molecule has 1 unspecified atom stereocenters. The molecule has 0 radical (unpaired) electrons. The average molecular weight is 418 g/mol. The number of fused-ring (bicyclic) bond motifs is 1. The maximum absolute atomic E-state index is 15.3. The maximum atomic E-state index is 15.3. The molecule has 0 amide bonds. The van der Waals surface area contributed by atoms with Crippen molar-refractivity contribution in [1.82, 2.24) is 4.57 Å². The van der Waals surface area contributed by atoms with Gasteiger partial charge in [-0.2, -0.15) is 0 Å². The van der Waals surface area contributed by atoms with E-state index >= 15 is 4.39 Å². The Hall–Kier alpha value is -3.14. The summed E-state index contributed by atoms with van der Waals surface area (Å²) in [5.41, 5.74) is 6.12. The number of benzene rings is 1. The molecule has 1 saturated heterocycles. The first kappa shape index (κ1) is 20.1. The lowest BCUT2D eigenvalue weighted by Crippen LogP contribution is -2.48. The predicted octanol–water partition coefficient (Wildman–Crippen LogP) is 1.72. The van der Waals surface area contributed by atoms with Gasteiger partial charge < -0.3 is 29.9 Å².